The van der Waals surface area contributed by atoms with Crippen molar-refractivity contribution in [3.63, 3.8) is 0 Å². The van der Waals surface area contributed by atoms with E-state index in [1.807, 2.05) is 0 Å². The van der Waals surface area contributed by atoms with E-state index < -0.39 is 0 Å². The van der Waals surface area contributed by atoms with E-state index in [0.717, 1.165) is 12.6 Å². The van der Waals surface area contributed by atoms with Gasteiger partial charge in [-0.3, -0.25) is 0 Å². The zero-order valence-electron chi connectivity index (χ0n) is 11.5. The van der Waals surface area contributed by atoms with Gasteiger partial charge in [0.2, 0.25) is 0 Å². The zero-order valence-corrected chi connectivity index (χ0v) is 11.5. The molecule has 0 heterocycles. The lowest BCUT2D eigenvalue weighted by Gasteiger charge is -2.20. The summed E-state index contributed by atoms with van der Waals surface area (Å²) < 4.78 is 0. The van der Waals surface area contributed by atoms with Gasteiger partial charge in [-0.2, -0.15) is 0 Å². The Kier molecular flexibility index (Phi) is 8.13. The van der Waals surface area contributed by atoms with E-state index in [2.05, 4.69) is 39.9 Å². The van der Waals surface area contributed by atoms with Crippen LogP contribution in [0.4, 0.5) is 0 Å². The van der Waals surface area contributed by atoms with Crippen molar-refractivity contribution in [1.29, 1.82) is 0 Å². The van der Waals surface area contributed by atoms with Crippen LogP contribution in [0.3, 0.4) is 0 Å². The molecule has 1 N–H and O–H groups in total. The average Bonchev–Trinajstić information content (AvgIpc) is 2.11. The largest absolute Gasteiger partial charge is 0.314 e. The molecule has 0 fully saturated rings. The van der Waals surface area contributed by atoms with E-state index in [-0.39, 0.29) is 0 Å². The first-order chi connectivity index (χ1) is 6.99. The minimum Gasteiger partial charge on any atom is -0.314 e. The SMILES string of the molecule is CCCC(CCCCC(C)(C)C)NCC. The molecule has 1 atom stereocenters. The van der Waals surface area contributed by atoms with Crippen molar-refractivity contribution < 1.29 is 0 Å². The number of hydrogen-bond donors (Lipinski definition) is 1. The molecule has 0 saturated carbocycles. The van der Waals surface area contributed by atoms with Gasteiger partial charge in [-0.1, -0.05) is 53.9 Å². The summed E-state index contributed by atoms with van der Waals surface area (Å²) in [5.41, 5.74) is 0.512. The number of rotatable bonds is 8. The first-order valence-electron chi connectivity index (χ1n) is 6.73. The Bertz CT molecular complexity index is 129. The molecule has 0 amide bonds. The molecular weight excluding hydrogens is 182 g/mol. The molecule has 1 heteroatoms. The highest BCUT2D eigenvalue weighted by molar-refractivity contribution is 4.67. The summed E-state index contributed by atoms with van der Waals surface area (Å²) in [4.78, 5) is 0. The molecule has 0 radical (unpaired) electrons. The topological polar surface area (TPSA) is 12.0 Å². The first-order valence-corrected chi connectivity index (χ1v) is 6.73. The Balaban J connectivity index is 3.52. The molecular formula is C14H31N. The summed E-state index contributed by atoms with van der Waals surface area (Å²) in [6.07, 6.45) is 8.13. The summed E-state index contributed by atoms with van der Waals surface area (Å²) in [5.74, 6) is 0. The maximum atomic E-state index is 3.58. The molecule has 0 aromatic rings. The van der Waals surface area contributed by atoms with Gasteiger partial charge in [0.1, 0.15) is 0 Å². The van der Waals surface area contributed by atoms with Crippen LogP contribution in [0.5, 0.6) is 0 Å². The van der Waals surface area contributed by atoms with Gasteiger partial charge in [0, 0.05) is 6.04 Å². The molecule has 0 aliphatic rings. The highest BCUT2D eigenvalue weighted by Crippen LogP contribution is 2.22. The molecule has 0 aromatic heterocycles. The minimum absolute atomic E-state index is 0.512. The fraction of sp³-hybridized carbons (Fsp3) is 1.00. The van der Waals surface area contributed by atoms with Crippen molar-refractivity contribution >= 4 is 0 Å². The second kappa shape index (κ2) is 8.15. The third kappa shape index (κ3) is 10.2. The number of hydrogen-bond acceptors (Lipinski definition) is 1. The Morgan fingerprint density at radius 3 is 2.13 bits per heavy atom. The van der Waals surface area contributed by atoms with Crippen molar-refractivity contribution in [2.45, 2.75) is 79.2 Å². The molecule has 0 saturated heterocycles. The predicted molar refractivity (Wildman–Crippen MR) is 70.3 cm³/mol. The smallest absolute Gasteiger partial charge is 0.00668 e. The molecule has 1 nitrogen and oxygen atoms in total. The second-order valence-electron chi connectivity index (χ2n) is 5.85. The molecule has 0 spiro atoms. The Hall–Kier alpha value is -0.0400. The van der Waals surface area contributed by atoms with Gasteiger partial charge in [0.15, 0.2) is 0 Å². The van der Waals surface area contributed by atoms with Crippen LogP contribution in [-0.2, 0) is 0 Å². The van der Waals surface area contributed by atoms with Crippen LogP contribution < -0.4 is 5.32 Å². The van der Waals surface area contributed by atoms with Gasteiger partial charge in [0.25, 0.3) is 0 Å². The van der Waals surface area contributed by atoms with E-state index in [1.54, 1.807) is 0 Å². The van der Waals surface area contributed by atoms with Gasteiger partial charge in [-0.15, -0.1) is 0 Å². The first kappa shape index (κ1) is 15.0. The van der Waals surface area contributed by atoms with Gasteiger partial charge in [0.05, 0.1) is 0 Å². The Labute approximate surface area is 97.0 Å². The summed E-state index contributed by atoms with van der Waals surface area (Å²) in [5, 5.41) is 3.58. The van der Waals surface area contributed by atoms with Crippen molar-refractivity contribution in [3.8, 4) is 0 Å². The van der Waals surface area contributed by atoms with Crippen LogP contribution in [-0.4, -0.2) is 12.6 Å². The van der Waals surface area contributed by atoms with Crippen LogP contribution in [0.2, 0.25) is 0 Å². The van der Waals surface area contributed by atoms with Crippen LogP contribution in [0.1, 0.15) is 73.1 Å². The fourth-order valence-corrected chi connectivity index (χ4v) is 2.03. The van der Waals surface area contributed by atoms with Gasteiger partial charge >= 0.3 is 0 Å². The minimum atomic E-state index is 0.512. The maximum absolute atomic E-state index is 3.58. The third-order valence-electron chi connectivity index (χ3n) is 2.86. The summed E-state index contributed by atoms with van der Waals surface area (Å²) in [6.45, 7) is 12.6. The lowest BCUT2D eigenvalue weighted by Crippen LogP contribution is -2.28. The highest BCUT2D eigenvalue weighted by Gasteiger charge is 2.10. The normalized spacial score (nSPS) is 14.2. The molecule has 92 valence electrons. The lowest BCUT2D eigenvalue weighted by molar-refractivity contribution is 0.346. The molecule has 0 aliphatic carbocycles. The average molecular weight is 213 g/mol. The van der Waals surface area contributed by atoms with Crippen LogP contribution in [0.25, 0.3) is 0 Å². The van der Waals surface area contributed by atoms with Crippen molar-refractivity contribution in [2.24, 2.45) is 5.41 Å². The van der Waals surface area contributed by atoms with Crippen molar-refractivity contribution in [3.05, 3.63) is 0 Å². The van der Waals surface area contributed by atoms with E-state index in [1.165, 1.54) is 38.5 Å². The molecule has 0 rings (SSSR count). The summed E-state index contributed by atoms with van der Waals surface area (Å²) in [6, 6.07) is 0.764. The monoisotopic (exact) mass is 213 g/mol. The summed E-state index contributed by atoms with van der Waals surface area (Å²) >= 11 is 0. The van der Waals surface area contributed by atoms with E-state index in [0.29, 0.717) is 5.41 Å². The Morgan fingerprint density at radius 2 is 1.67 bits per heavy atom. The molecule has 15 heavy (non-hydrogen) atoms. The van der Waals surface area contributed by atoms with Gasteiger partial charge < -0.3 is 5.32 Å². The molecule has 1 unspecified atom stereocenters. The van der Waals surface area contributed by atoms with Crippen molar-refractivity contribution in [2.75, 3.05) is 6.54 Å². The van der Waals surface area contributed by atoms with Gasteiger partial charge in [-0.05, 0) is 31.2 Å². The molecule has 0 aromatic carbocycles. The van der Waals surface area contributed by atoms with E-state index in [9.17, 15) is 0 Å². The number of unbranched alkanes of at least 4 members (excludes halogenated alkanes) is 1. The standard InChI is InChI=1S/C14H31N/c1-6-10-13(15-7-2)11-8-9-12-14(3,4)5/h13,15H,6-12H2,1-5H3. The number of nitrogens with one attached hydrogen (secondary N) is 1. The highest BCUT2D eigenvalue weighted by atomic mass is 14.9. The van der Waals surface area contributed by atoms with Crippen LogP contribution >= 0.6 is 0 Å². The third-order valence-corrected chi connectivity index (χ3v) is 2.86. The quantitative estimate of drug-likeness (QED) is 0.590. The van der Waals surface area contributed by atoms with E-state index >= 15 is 0 Å². The Morgan fingerprint density at radius 1 is 1.00 bits per heavy atom. The zero-order chi connectivity index (χ0) is 11.7. The van der Waals surface area contributed by atoms with Crippen LogP contribution in [0, 0.1) is 5.41 Å². The van der Waals surface area contributed by atoms with Gasteiger partial charge in [-0.25, -0.2) is 0 Å². The van der Waals surface area contributed by atoms with E-state index in [4.69, 9.17) is 0 Å². The maximum Gasteiger partial charge on any atom is 0.00668 e. The predicted octanol–water partition coefficient (Wildman–Crippen LogP) is 4.37. The summed E-state index contributed by atoms with van der Waals surface area (Å²) in [7, 11) is 0. The van der Waals surface area contributed by atoms with Crippen molar-refractivity contribution in [1.82, 2.24) is 5.32 Å². The molecule has 0 bridgehead atoms. The van der Waals surface area contributed by atoms with Crippen LogP contribution in [0.15, 0.2) is 0 Å². The molecule has 0 aliphatic heterocycles. The lowest BCUT2D eigenvalue weighted by atomic mass is 9.89. The second-order valence-corrected chi connectivity index (χ2v) is 5.85. The fourth-order valence-electron chi connectivity index (χ4n) is 2.03.